The van der Waals surface area contributed by atoms with E-state index in [0.29, 0.717) is 30.8 Å². The molecule has 11 nitrogen and oxygen atoms in total. The van der Waals surface area contributed by atoms with Crippen molar-refractivity contribution in [1.29, 1.82) is 0 Å². The first-order valence-electron chi connectivity index (χ1n) is 15.6. The Hall–Kier alpha value is -1.33. The van der Waals surface area contributed by atoms with Crippen LogP contribution in [0.3, 0.4) is 0 Å². The van der Waals surface area contributed by atoms with E-state index in [1.807, 2.05) is 6.07 Å². The van der Waals surface area contributed by atoms with Crippen molar-refractivity contribution in [2.75, 3.05) is 88.0 Å². The van der Waals surface area contributed by atoms with Gasteiger partial charge in [-0.2, -0.15) is 9.97 Å². The zero-order valence-electron chi connectivity index (χ0n) is 24.3. The fourth-order valence-electron chi connectivity index (χ4n) is 6.36. The standard InChI is InChI=1S/C28H53N8O3P/c29-26-19-27(36-15-13-35(14-16-36)17-18-39-40(37)38)34-28(33-26)32-22-25-9-7-24(8-10-25)21-31-12-4-11-30-20-23-5-2-1-3-6-23/h19,23-25,30-31,37-38H,1-18,20-22H2,(H3,29,32,33,34). The van der Waals surface area contributed by atoms with Gasteiger partial charge in [-0.15, -0.1) is 0 Å². The molecule has 40 heavy (non-hydrogen) atoms. The molecule has 0 amide bonds. The highest BCUT2D eigenvalue weighted by Gasteiger charge is 2.22. The molecule has 0 atom stereocenters. The van der Waals surface area contributed by atoms with Gasteiger partial charge in [0.1, 0.15) is 11.6 Å². The molecule has 0 spiro atoms. The van der Waals surface area contributed by atoms with Crippen molar-refractivity contribution < 1.29 is 14.3 Å². The third-order valence-electron chi connectivity index (χ3n) is 8.86. The molecule has 0 bridgehead atoms. The van der Waals surface area contributed by atoms with Gasteiger partial charge in [0, 0.05) is 45.3 Å². The summed E-state index contributed by atoms with van der Waals surface area (Å²) in [4.78, 5) is 31.5. The van der Waals surface area contributed by atoms with Gasteiger partial charge in [0.2, 0.25) is 5.95 Å². The number of nitrogens with zero attached hydrogens (tertiary/aromatic N) is 4. The minimum Gasteiger partial charge on any atom is -0.383 e. The Morgan fingerprint density at radius 3 is 2.12 bits per heavy atom. The zero-order valence-corrected chi connectivity index (χ0v) is 25.2. The van der Waals surface area contributed by atoms with Crippen LogP contribution in [0.15, 0.2) is 6.07 Å². The molecule has 1 aromatic heterocycles. The Bertz CT molecular complexity index is 832. The predicted octanol–water partition coefficient (Wildman–Crippen LogP) is 2.78. The Kier molecular flexibility index (Phi) is 13.9. The fraction of sp³-hybridized carbons (Fsp3) is 0.857. The van der Waals surface area contributed by atoms with Crippen LogP contribution in [0.1, 0.15) is 64.2 Å². The van der Waals surface area contributed by atoms with E-state index in [4.69, 9.17) is 25.0 Å². The Labute approximate surface area is 242 Å². The van der Waals surface area contributed by atoms with Crippen LogP contribution in [0.25, 0.3) is 0 Å². The maximum atomic E-state index is 8.89. The summed E-state index contributed by atoms with van der Waals surface area (Å²) in [6, 6.07) is 1.85. The Morgan fingerprint density at radius 2 is 1.48 bits per heavy atom. The molecule has 3 aliphatic rings. The first-order valence-corrected chi connectivity index (χ1v) is 16.8. The highest BCUT2D eigenvalue weighted by Crippen LogP contribution is 2.29. The molecule has 7 N–H and O–H groups in total. The number of nitrogen functional groups attached to an aromatic ring is 1. The lowest BCUT2D eigenvalue weighted by atomic mass is 9.82. The first-order chi connectivity index (χ1) is 19.5. The van der Waals surface area contributed by atoms with Crippen LogP contribution in [-0.4, -0.2) is 96.7 Å². The Balaban J connectivity index is 1.06. The van der Waals surface area contributed by atoms with Crippen LogP contribution in [0.5, 0.6) is 0 Å². The van der Waals surface area contributed by atoms with E-state index in [-0.39, 0.29) is 0 Å². The van der Waals surface area contributed by atoms with Gasteiger partial charge in [-0.3, -0.25) is 4.90 Å². The average molecular weight is 581 g/mol. The van der Waals surface area contributed by atoms with Crippen LogP contribution in [0, 0.1) is 17.8 Å². The number of aromatic nitrogens is 2. The normalized spacial score (nSPS) is 23.1. The van der Waals surface area contributed by atoms with E-state index in [2.05, 4.69) is 30.7 Å². The molecule has 2 heterocycles. The first kappa shape index (κ1) is 31.6. The average Bonchev–Trinajstić information content (AvgIpc) is 2.97. The number of anilines is 3. The number of rotatable bonds is 16. The SMILES string of the molecule is Nc1cc(N2CCN(CCOP(O)O)CC2)nc(NCC2CCC(CNCCCNCC3CCCCC3)CC2)n1. The predicted molar refractivity (Wildman–Crippen MR) is 163 cm³/mol. The van der Waals surface area contributed by atoms with Crippen LogP contribution in [0.2, 0.25) is 0 Å². The summed E-state index contributed by atoms with van der Waals surface area (Å²) in [6.45, 7) is 9.90. The summed E-state index contributed by atoms with van der Waals surface area (Å²) < 4.78 is 4.89. The second-order valence-electron chi connectivity index (χ2n) is 11.9. The Morgan fingerprint density at radius 1 is 0.850 bits per heavy atom. The molecule has 1 aliphatic heterocycles. The van der Waals surface area contributed by atoms with Gasteiger partial charge in [0.15, 0.2) is 0 Å². The van der Waals surface area contributed by atoms with Crippen LogP contribution >= 0.6 is 8.60 Å². The van der Waals surface area contributed by atoms with E-state index < -0.39 is 8.60 Å². The lowest BCUT2D eigenvalue weighted by molar-refractivity contribution is 0.184. The molecule has 0 radical (unpaired) electrons. The van der Waals surface area contributed by atoms with Gasteiger partial charge < -0.3 is 40.9 Å². The van der Waals surface area contributed by atoms with Crippen LogP contribution in [0.4, 0.5) is 17.6 Å². The molecule has 1 saturated heterocycles. The van der Waals surface area contributed by atoms with Crippen molar-refractivity contribution in [1.82, 2.24) is 25.5 Å². The van der Waals surface area contributed by atoms with E-state index in [1.165, 1.54) is 70.8 Å². The van der Waals surface area contributed by atoms with E-state index >= 15 is 0 Å². The third kappa shape index (κ3) is 11.5. The molecule has 3 fully saturated rings. The molecule has 4 rings (SSSR count). The number of hydrogen-bond acceptors (Lipinski definition) is 11. The minimum absolute atomic E-state index is 0.323. The summed E-state index contributed by atoms with van der Waals surface area (Å²) in [5, 5.41) is 10.8. The summed E-state index contributed by atoms with van der Waals surface area (Å²) in [5.41, 5.74) is 6.13. The fourth-order valence-corrected chi connectivity index (χ4v) is 6.61. The number of hydrogen-bond donors (Lipinski definition) is 6. The second-order valence-corrected chi connectivity index (χ2v) is 12.7. The highest BCUT2D eigenvalue weighted by molar-refractivity contribution is 7.39. The third-order valence-corrected chi connectivity index (χ3v) is 9.27. The molecular formula is C28H53N8O3P. The van der Waals surface area contributed by atoms with Gasteiger partial charge in [0.05, 0.1) is 6.61 Å². The lowest BCUT2D eigenvalue weighted by Crippen LogP contribution is -2.47. The van der Waals surface area contributed by atoms with Gasteiger partial charge in [-0.25, -0.2) is 0 Å². The number of piperazine rings is 1. The van der Waals surface area contributed by atoms with Gasteiger partial charge in [0.25, 0.3) is 0 Å². The van der Waals surface area contributed by atoms with Gasteiger partial charge >= 0.3 is 8.60 Å². The zero-order chi connectivity index (χ0) is 28.0. The quantitative estimate of drug-likeness (QED) is 0.127. The van der Waals surface area contributed by atoms with Crippen molar-refractivity contribution in [2.45, 2.75) is 64.2 Å². The van der Waals surface area contributed by atoms with Crippen molar-refractivity contribution >= 4 is 26.2 Å². The summed E-state index contributed by atoms with van der Waals surface area (Å²) in [7, 11) is -2.28. The van der Waals surface area contributed by atoms with E-state index in [1.54, 1.807) is 0 Å². The number of nitrogens with two attached hydrogens (primary N) is 1. The maximum Gasteiger partial charge on any atom is 0.327 e. The van der Waals surface area contributed by atoms with E-state index in [9.17, 15) is 0 Å². The van der Waals surface area contributed by atoms with Crippen LogP contribution < -0.4 is 26.6 Å². The molecule has 2 aliphatic carbocycles. The van der Waals surface area contributed by atoms with Crippen molar-refractivity contribution in [3.05, 3.63) is 6.07 Å². The molecule has 2 saturated carbocycles. The van der Waals surface area contributed by atoms with Crippen molar-refractivity contribution in [3.8, 4) is 0 Å². The van der Waals surface area contributed by atoms with Crippen molar-refractivity contribution in [2.24, 2.45) is 17.8 Å². The minimum atomic E-state index is -2.28. The van der Waals surface area contributed by atoms with Crippen LogP contribution in [-0.2, 0) is 4.52 Å². The monoisotopic (exact) mass is 580 g/mol. The van der Waals surface area contributed by atoms with Crippen molar-refractivity contribution in [3.63, 3.8) is 0 Å². The summed E-state index contributed by atoms with van der Waals surface area (Å²) in [6.07, 6.45) is 13.4. The summed E-state index contributed by atoms with van der Waals surface area (Å²) >= 11 is 0. The number of nitrogens with one attached hydrogen (secondary N) is 3. The van der Waals surface area contributed by atoms with Gasteiger partial charge in [-0.1, -0.05) is 19.3 Å². The largest absolute Gasteiger partial charge is 0.383 e. The molecule has 0 aromatic carbocycles. The molecule has 228 valence electrons. The maximum absolute atomic E-state index is 8.89. The van der Waals surface area contributed by atoms with E-state index in [0.717, 1.165) is 70.0 Å². The molecule has 12 heteroatoms. The topological polar surface area (TPSA) is 144 Å². The smallest absolute Gasteiger partial charge is 0.327 e. The summed E-state index contributed by atoms with van der Waals surface area (Å²) in [5.74, 6) is 4.33. The highest BCUT2D eigenvalue weighted by atomic mass is 31.2. The lowest BCUT2D eigenvalue weighted by Gasteiger charge is -2.35. The second kappa shape index (κ2) is 17.6. The molecule has 1 aromatic rings. The molecular weight excluding hydrogens is 527 g/mol. The molecule has 0 unspecified atom stereocenters. The van der Waals surface area contributed by atoms with Gasteiger partial charge in [-0.05, 0) is 88.9 Å².